The van der Waals surface area contributed by atoms with Crippen molar-refractivity contribution < 1.29 is 9.47 Å². The van der Waals surface area contributed by atoms with Gasteiger partial charge in [0.1, 0.15) is 11.5 Å². The van der Waals surface area contributed by atoms with E-state index in [9.17, 15) is 0 Å². The van der Waals surface area contributed by atoms with Gasteiger partial charge in [0.25, 0.3) is 0 Å². The second-order valence-corrected chi connectivity index (χ2v) is 5.76. The number of ether oxygens (including phenoxy) is 2. The molecule has 2 N–H and O–H groups in total. The first kappa shape index (κ1) is 24.8. The number of hydrogen-bond acceptors (Lipinski definition) is 4. The largest absolute Gasteiger partial charge is 0.497 e. The zero-order valence-corrected chi connectivity index (χ0v) is 19.1. The summed E-state index contributed by atoms with van der Waals surface area (Å²) in [6.07, 6.45) is 2.32. The summed E-state index contributed by atoms with van der Waals surface area (Å²) in [7, 11) is 5.11. The van der Waals surface area contributed by atoms with Crippen LogP contribution in [0.4, 0.5) is 0 Å². The van der Waals surface area contributed by atoms with E-state index in [4.69, 9.17) is 9.47 Å². The van der Waals surface area contributed by atoms with Gasteiger partial charge in [-0.15, -0.1) is 24.0 Å². The van der Waals surface area contributed by atoms with Gasteiger partial charge in [0.2, 0.25) is 0 Å². The molecule has 1 aromatic carbocycles. The summed E-state index contributed by atoms with van der Waals surface area (Å²) >= 11 is 0. The molecule has 0 aliphatic heterocycles. The van der Waals surface area contributed by atoms with Gasteiger partial charge in [-0.05, 0) is 44.6 Å². The lowest BCUT2D eigenvalue weighted by Crippen LogP contribution is -2.37. The summed E-state index contributed by atoms with van der Waals surface area (Å²) in [5, 5.41) is 6.69. The first-order chi connectivity index (χ1) is 12.2. The van der Waals surface area contributed by atoms with Crippen molar-refractivity contribution in [2.75, 3.05) is 47.4 Å². The average Bonchev–Trinajstić information content (AvgIpc) is 2.66. The summed E-state index contributed by atoms with van der Waals surface area (Å²) < 4.78 is 10.7. The number of benzene rings is 1. The smallest absolute Gasteiger partial charge is 0.191 e. The van der Waals surface area contributed by atoms with E-state index in [0.29, 0.717) is 6.54 Å². The molecule has 1 aromatic rings. The summed E-state index contributed by atoms with van der Waals surface area (Å²) in [6.45, 7) is 9.38. The van der Waals surface area contributed by atoms with Crippen molar-refractivity contribution in [1.82, 2.24) is 15.5 Å². The fourth-order valence-corrected chi connectivity index (χ4v) is 2.60. The Balaban J connectivity index is 0.00000625. The van der Waals surface area contributed by atoms with Crippen molar-refractivity contribution in [2.24, 2.45) is 4.99 Å². The molecule has 0 spiro atoms. The van der Waals surface area contributed by atoms with E-state index >= 15 is 0 Å². The van der Waals surface area contributed by atoms with E-state index in [2.05, 4.69) is 34.4 Å². The highest BCUT2D eigenvalue weighted by molar-refractivity contribution is 14.0. The van der Waals surface area contributed by atoms with Crippen LogP contribution in [0.2, 0.25) is 0 Å². The summed E-state index contributed by atoms with van der Waals surface area (Å²) in [5.74, 6) is 2.40. The molecular weight excluding hydrogens is 443 g/mol. The average molecular weight is 478 g/mol. The number of halogens is 1. The van der Waals surface area contributed by atoms with Gasteiger partial charge in [0, 0.05) is 31.8 Å². The maximum absolute atomic E-state index is 5.43. The Labute approximate surface area is 175 Å². The predicted octanol–water partition coefficient (Wildman–Crippen LogP) is 3.11. The van der Waals surface area contributed by atoms with Crippen molar-refractivity contribution >= 4 is 29.9 Å². The molecule has 0 amide bonds. The second kappa shape index (κ2) is 14.9. The number of guanidine groups is 1. The van der Waals surface area contributed by atoms with Gasteiger partial charge in [0.15, 0.2) is 5.96 Å². The van der Waals surface area contributed by atoms with Crippen molar-refractivity contribution in [3.63, 3.8) is 0 Å². The summed E-state index contributed by atoms with van der Waals surface area (Å²) in [5.41, 5.74) is 1.06. The fraction of sp³-hybridized carbons (Fsp3) is 0.632. The van der Waals surface area contributed by atoms with Crippen molar-refractivity contribution in [3.8, 4) is 11.5 Å². The molecule has 1 rings (SSSR count). The van der Waals surface area contributed by atoms with Gasteiger partial charge in [-0.2, -0.15) is 0 Å². The van der Waals surface area contributed by atoms with Gasteiger partial charge in [-0.1, -0.05) is 13.8 Å². The van der Waals surface area contributed by atoms with Crippen LogP contribution in [0, 0.1) is 0 Å². The van der Waals surface area contributed by atoms with Crippen LogP contribution in [0.5, 0.6) is 11.5 Å². The normalized spacial score (nSPS) is 11.1. The van der Waals surface area contributed by atoms with Crippen molar-refractivity contribution in [1.29, 1.82) is 0 Å². The highest BCUT2D eigenvalue weighted by Gasteiger charge is 2.06. The number of aliphatic imine (C=N–C) groups is 1. The van der Waals surface area contributed by atoms with Crippen LogP contribution in [0.1, 0.15) is 32.3 Å². The molecule has 26 heavy (non-hydrogen) atoms. The molecule has 0 atom stereocenters. The van der Waals surface area contributed by atoms with Gasteiger partial charge >= 0.3 is 0 Å². The molecule has 0 heterocycles. The van der Waals surface area contributed by atoms with Gasteiger partial charge in [0.05, 0.1) is 14.2 Å². The van der Waals surface area contributed by atoms with E-state index in [1.165, 1.54) is 6.42 Å². The first-order valence-corrected chi connectivity index (χ1v) is 9.06. The Bertz CT molecular complexity index is 522. The molecule has 0 unspecified atom stereocenters. The van der Waals surface area contributed by atoms with E-state index in [1.54, 1.807) is 21.3 Å². The monoisotopic (exact) mass is 478 g/mol. The van der Waals surface area contributed by atoms with Crippen LogP contribution in [-0.2, 0) is 6.54 Å². The Morgan fingerprint density at radius 1 is 1.08 bits per heavy atom. The third-order valence-electron chi connectivity index (χ3n) is 4.25. The van der Waals surface area contributed by atoms with Crippen LogP contribution in [0.25, 0.3) is 0 Å². The van der Waals surface area contributed by atoms with Crippen LogP contribution in [-0.4, -0.2) is 58.3 Å². The number of hydrogen-bond donors (Lipinski definition) is 2. The zero-order valence-electron chi connectivity index (χ0n) is 16.8. The third kappa shape index (κ3) is 8.93. The standard InChI is InChI=1S/C19H34N4O2.HI/c1-6-23(7-2)13-9-8-12-21-19(20-3)22-15-16-10-11-17(24-4)14-18(16)25-5;/h10-11,14H,6-9,12-13,15H2,1-5H3,(H2,20,21,22);1H. The minimum absolute atomic E-state index is 0. The molecule has 6 nitrogen and oxygen atoms in total. The quantitative estimate of drug-likeness (QED) is 0.222. The zero-order chi connectivity index (χ0) is 18.5. The SMILES string of the molecule is CCN(CC)CCCCNC(=NC)NCc1ccc(OC)cc1OC.I. The Kier molecular flexibility index (Phi) is 14.2. The number of methoxy groups -OCH3 is 2. The maximum atomic E-state index is 5.43. The first-order valence-electron chi connectivity index (χ1n) is 9.06. The molecular formula is C19H35IN4O2. The van der Waals surface area contributed by atoms with E-state index < -0.39 is 0 Å². The van der Waals surface area contributed by atoms with Gasteiger partial charge in [-0.25, -0.2) is 0 Å². The minimum atomic E-state index is 0. The van der Waals surface area contributed by atoms with Crippen LogP contribution >= 0.6 is 24.0 Å². The number of rotatable bonds is 11. The minimum Gasteiger partial charge on any atom is -0.497 e. The van der Waals surface area contributed by atoms with Crippen LogP contribution in [0.3, 0.4) is 0 Å². The van der Waals surface area contributed by atoms with Crippen LogP contribution < -0.4 is 20.1 Å². The highest BCUT2D eigenvalue weighted by Crippen LogP contribution is 2.24. The second-order valence-electron chi connectivity index (χ2n) is 5.76. The third-order valence-corrected chi connectivity index (χ3v) is 4.25. The Hall–Kier alpha value is -1.22. The fourth-order valence-electron chi connectivity index (χ4n) is 2.60. The summed E-state index contributed by atoms with van der Waals surface area (Å²) in [4.78, 5) is 6.72. The molecule has 0 radical (unpaired) electrons. The molecule has 150 valence electrons. The molecule has 0 saturated heterocycles. The number of nitrogens with one attached hydrogen (secondary N) is 2. The summed E-state index contributed by atoms with van der Waals surface area (Å²) in [6, 6.07) is 5.82. The molecule has 0 bridgehead atoms. The maximum Gasteiger partial charge on any atom is 0.191 e. The lowest BCUT2D eigenvalue weighted by Gasteiger charge is -2.18. The Morgan fingerprint density at radius 3 is 2.38 bits per heavy atom. The predicted molar refractivity (Wildman–Crippen MR) is 120 cm³/mol. The number of unbranched alkanes of at least 4 members (excludes halogenated alkanes) is 1. The number of nitrogens with zero attached hydrogens (tertiary/aromatic N) is 2. The lowest BCUT2D eigenvalue weighted by molar-refractivity contribution is 0.297. The highest BCUT2D eigenvalue weighted by atomic mass is 127. The topological polar surface area (TPSA) is 58.1 Å². The molecule has 0 aliphatic carbocycles. The van der Waals surface area contributed by atoms with Crippen molar-refractivity contribution in [3.05, 3.63) is 23.8 Å². The lowest BCUT2D eigenvalue weighted by atomic mass is 10.2. The van der Waals surface area contributed by atoms with Gasteiger partial charge in [-0.3, -0.25) is 4.99 Å². The molecule has 0 aromatic heterocycles. The molecule has 0 saturated carbocycles. The molecule has 0 fully saturated rings. The molecule has 7 heteroatoms. The van der Waals surface area contributed by atoms with E-state index in [0.717, 1.165) is 55.6 Å². The van der Waals surface area contributed by atoms with E-state index in [-0.39, 0.29) is 24.0 Å². The van der Waals surface area contributed by atoms with E-state index in [1.807, 2.05) is 18.2 Å². The van der Waals surface area contributed by atoms with Crippen molar-refractivity contribution in [2.45, 2.75) is 33.2 Å². The van der Waals surface area contributed by atoms with Gasteiger partial charge < -0.3 is 25.0 Å². The Morgan fingerprint density at radius 2 is 1.81 bits per heavy atom. The molecule has 0 aliphatic rings. The van der Waals surface area contributed by atoms with Crippen LogP contribution in [0.15, 0.2) is 23.2 Å².